The Morgan fingerprint density at radius 2 is 1.23 bits per heavy atom. The maximum Gasteiger partial charge on any atom is 0.0439 e. The highest BCUT2D eigenvalue weighted by Crippen LogP contribution is 2.39. The second kappa shape index (κ2) is 7.55. The topological polar surface area (TPSA) is 6.48 Å². The van der Waals surface area contributed by atoms with Crippen molar-refractivity contribution in [1.29, 1.82) is 0 Å². The average molecular weight is 365 g/mol. The number of aryl methyl sites for hydroxylation is 2. The van der Waals surface area contributed by atoms with Crippen molar-refractivity contribution in [1.82, 2.24) is 0 Å². The minimum Gasteiger partial charge on any atom is -0.378 e. The van der Waals surface area contributed by atoms with Gasteiger partial charge in [-0.15, -0.1) is 11.3 Å². The van der Waals surface area contributed by atoms with Crippen molar-refractivity contribution in [3.05, 3.63) is 81.0 Å². The van der Waals surface area contributed by atoms with Crippen LogP contribution in [0.1, 0.15) is 33.0 Å². The molecule has 136 valence electrons. The molecule has 0 atom stereocenters. The lowest BCUT2D eigenvalue weighted by Gasteiger charge is -2.24. The van der Waals surface area contributed by atoms with Crippen molar-refractivity contribution >= 4 is 22.7 Å². The van der Waals surface area contributed by atoms with Crippen LogP contribution in [0.15, 0.2) is 53.9 Å². The third-order valence-corrected chi connectivity index (χ3v) is 5.93. The van der Waals surface area contributed by atoms with Gasteiger partial charge in [-0.3, -0.25) is 0 Å². The fraction of sp³-hybridized carbons (Fsp3) is 0.304. The van der Waals surface area contributed by atoms with Gasteiger partial charge in [0.1, 0.15) is 0 Å². The van der Waals surface area contributed by atoms with Gasteiger partial charge in [0.2, 0.25) is 0 Å². The molecule has 0 aliphatic heterocycles. The summed E-state index contributed by atoms with van der Waals surface area (Å²) in [7, 11) is 8.37. The zero-order valence-electron chi connectivity index (χ0n) is 16.6. The molecule has 0 bridgehead atoms. The van der Waals surface area contributed by atoms with E-state index >= 15 is 0 Å². The Bertz CT molecular complexity index is 822. The summed E-state index contributed by atoms with van der Waals surface area (Å²) < 4.78 is 0. The smallest absolute Gasteiger partial charge is 0.0439 e. The lowest BCUT2D eigenvalue weighted by Crippen LogP contribution is -2.12. The Morgan fingerprint density at radius 3 is 1.58 bits per heavy atom. The molecule has 0 radical (unpaired) electrons. The maximum atomic E-state index is 2.30. The molecule has 3 rings (SSSR count). The molecule has 0 saturated carbocycles. The van der Waals surface area contributed by atoms with Gasteiger partial charge in [-0.1, -0.05) is 18.2 Å². The zero-order chi connectivity index (χ0) is 18.8. The lowest BCUT2D eigenvalue weighted by molar-refractivity contribution is 0.967. The highest BCUT2D eigenvalue weighted by Gasteiger charge is 2.22. The van der Waals surface area contributed by atoms with E-state index in [-0.39, 0.29) is 5.92 Å². The minimum atomic E-state index is 0.280. The first-order valence-electron chi connectivity index (χ1n) is 8.97. The number of nitrogens with zero attached hydrogens (tertiary/aromatic N) is 2. The normalized spacial score (nSPS) is 11.0. The van der Waals surface area contributed by atoms with E-state index in [0.29, 0.717) is 0 Å². The molecule has 3 aromatic rings. The van der Waals surface area contributed by atoms with Crippen molar-refractivity contribution in [2.45, 2.75) is 19.8 Å². The Labute approximate surface area is 161 Å². The summed E-state index contributed by atoms with van der Waals surface area (Å²) in [5.41, 5.74) is 7.94. The van der Waals surface area contributed by atoms with Crippen molar-refractivity contribution in [3.63, 3.8) is 0 Å². The Kier molecular flexibility index (Phi) is 5.38. The largest absolute Gasteiger partial charge is 0.378 e. The number of hydrogen-bond acceptors (Lipinski definition) is 3. The van der Waals surface area contributed by atoms with Crippen LogP contribution in [0.2, 0.25) is 0 Å². The number of rotatable bonds is 5. The van der Waals surface area contributed by atoms with Gasteiger partial charge in [-0.2, -0.15) is 0 Å². The van der Waals surface area contributed by atoms with Crippen LogP contribution >= 0.6 is 11.3 Å². The van der Waals surface area contributed by atoms with Gasteiger partial charge in [0.05, 0.1) is 0 Å². The van der Waals surface area contributed by atoms with Crippen molar-refractivity contribution in [2.75, 3.05) is 38.0 Å². The summed E-state index contributed by atoms with van der Waals surface area (Å²) in [5.74, 6) is 0.280. The first kappa shape index (κ1) is 18.5. The van der Waals surface area contributed by atoms with Crippen LogP contribution in [0.4, 0.5) is 11.4 Å². The third-order valence-electron chi connectivity index (χ3n) is 4.99. The Hall–Kier alpha value is -2.26. The average Bonchev–Trinajstić information content (AvgIpc) is 3.11. The molecule has 0 spiro atoms. The predicted octanol–water partition coefficient (Wildman–Crippen LogP) is 5.68. The van der Waals surface area contributed by atoms with Crippen LogP contribution in [0, 0.1) is 13.8 Å². The molecule has 0 amide bonds. The van der Waals surface area contributed by atoms with Crippen LogP contribution in [0.25, 0.3) is 0 Å². The van der Waals surface area contributed by atoms with Gasteiger partial charge in [-0.05, 0) is 71.8 Å². The van der Waals surface area contributed by atoms with Crippen molar-refractivity contribution in [3.8, 4) is 0 Å². The summed E-state index contributed by atoms with van der Waals surface area (Å²) in [6, 6.07) is 18.1. The maximum absolute atomic E-state index is 2.30. The molecular weight excluding hydrogens is 336 g/mol. The minimum absolute atomic E-state index is 0.280. The van der Waals surface area contributed by atoms with E-state index in [4.69, 9.17) is 0 Å². The fourth-order valence-electron chi connectivity index (χ4n) is 3.45. The highest BCUT2D eigenvalue weighted by molar-refractivity contribution is 7.10. The first-order valence-corrected chi connectivity index (χ1v) is 9.85. The number of anilines is 2. The van der Waals surface area contributed by atoms with E-state index in [1.807, 2.05) is 11.3 Å². The Balaban J connectivity index is 2.14. The van der Waals surface area contributed by atoms with Gasteiger partial charge in [-0.25, -0.2) is 0 Å². The second-order valence-electron chi connectivity index (χ2n) is 7.32. The number of hydrogen-bond donors (Lipinski definition) is 0. The van der Waals surface area contributed by atoms with Crippen LogP contribution in [-0.4, -0.2) is 28.2 Å². The second-order valence-corrected chi connectivity index (χ2v) is 8.30. The van der Waals surface area contributed by atoms with E-state index in [2.05, 4.69) is 106 Å². The quantitative estimate of drug-likeness (QED) is 0.575. The lowest BCUT2D eigenvalue weighted by atomic mass is 9.84. The van der Waals surface area contributed by atoms with Crippen LogP contribution in [0.5, 0.6) is 0 Å². The van der Waals surface area contributed by atoms with E-state index in [0.717, 1.165) is 0 Å². The first-order chi connectivity index (χ1) is 12.4. The number of thiophene rings is 1. The SMILES string of the molecule is Cc1cc(N(C)C)ccc1C(c1cccs1)c1ccc(N(C)C)cc1C. The number of benzene rings is 2. The van der Waals surface area contributed by atoms with Gasteiger partial charge in [0, 0.05) is 50.4 Å². The van der Waals surface area contributed by atoms with E-state index < -0.39 is 0 Å². The molecule has 2 nitrogen and oxygen atoms in total. The molecule has 0 aliphatic rings. The van der Waals surface area contributed by atoms with Crippen molar-refractivity contribution in [2.24, 2.45) is 0 Å². The van der Waals surface area contributed by atoms with Crippen LogP contribution in [-0.2, 0) is 0 Å². The highest BCUT2D eigenvalue weighted by atomic mass is 32.1. The van der Waals surface area contributed by atoms with Gasteiger partial charge in [0.15, 0.2) is 0 Å². The van der Waals surface area contributed by atoms with E-state index in [1.165, 1.54) is 38.5 Å². The molecule has 26 heavy (non-hydrogen) atoms. The molecule has 0 unspecified atom stereocenters. The van der Waals surface area contributed by atoms with Crippen LogP contribution in [0.3, 0.4) is 0 Å². The fourth-order valence-corrected chi connectivity index (χ4v) is 4.31. The molecule has 2 aromatic carbocycles. The van der Waals surface area contributed by atoms with Crippen molar-refractivity contribution < 1.29 is 0 Å². The Morgan fingerprint density at radius 1 is 0.731 bits per heavy atom. The van der Waals surface area contributed by atoms with Gasteiger partial charge in [0.25, 0.3) is 0 Å². The molecule has 0 aliphatic carbocycles. The molecule has 1 aromatic heterocycles. The molecule has 3 heteroatoms. The van der Waals surface area contributed by atoms with Gasteiger partial charge < -0.3 is 9.80 Å². The molecule has 0 N–H and O–H groups in total. The summed E-state index contributed by atoms with van der Waals surface area (Å²) in [6.45, 7) is 4.46. The van der Waals surface area contributed by atoms with E-state index in [1.54, 1.807) is 0 Å². The molecule has 0 saturated heterocycles. The summed E-state index contributed by atoms with van der Waals surface area (Å²) in [4.78, 5) is 5.72. The standard InChI is InChI=1S/C23H28N2S/c1-16-14-18(24(3)4)9-11-20(16)23(22-8-7-13-26-22)21-12-10-19(25(5)6)15-17(21)2/h7-15,23H,1-6H3. The van der Waals surface area contributed by atoms with Crippen LogP contribution < -0.4 is 9.80 Å². The zero-order valence-corrected chi connectivity index (χ0v) is 17.4. The summed E-state index contributed by atoms with van der Waals surface area (Å²) in [5, 5.41) is 2.18. The summed E-state index contributed by atoms with van der Waals surface area (Å²) in [6.07, 6.45) is 0. The summed E-state index contributed by atoms with van der Waals surface area (Å²) >= 11 is 1.84. The van der Waals surface area contributed by atoms with E-state index in [9.17, 15) is 0 Å². The third kappa shape index (κ3) is 3.63. The molecular formula is C23H28N2S. The predicted molar refractivity (Wildman–Crippen MR) is 116 cm³/mol. The monoisotopic (exact) mass is 364 g/mol. The molecule has 1 heterocycles. The van der Waals surface area contributed by atoms with Gasteiger partial charge >= 0.3 is 0 Å². The molecule has 0 fully saturated rings.